The zero-order chi connectivity index (χ0) is 18.8. The minimum atomic E-state index is -0.251. The molecule has 27 heavy (non-hydrogen) atoms. The maximum atomic E-state index is 13.0. The Balaban J connectivity index is 1.62. The summed E-state index contributed by atoms with van der Waals surface area (Å²) < 4.78 is 0. The minimum absolute atomic E-state index is 0.0788. The van der Waals surface area contributed by atoms with Crippen molar-refractivity contribution >= 4 is 23.2 Å². The Morgan fingerprint density at radius 1 is 1.04 bits per heavy atom. The van der Waals surface area contributed by atoms with Gasteiger partial charge in [0.1, 0.15) is 0 Å². The van der Waals surface area contributed by atoms with E-state index in [1.165, 1.54) is 19.3 Å². The molecule has 2 heterocycles. The average Bonchev–Trinajstić information content (AvgIpc) is 2.69. The van der Waals surface area contributed by atoms with Crippen molar-refractivity contribution in [3.63, 3.8) is 0 Å². The van der Waals surface area contributed by atoms with Gasteiger partial charge >= 0.3 is 0 Å². The fourth-order valence-corrected chi connectivity index (χ4v) is 4.56. The van der Waals surface area contributed by atoms with Gasteiger partial charge in [-0.25, -0.2) is 0 Å². The number of hydrogen-bond donors (Lipinski definition) is 2. The van der Waals surface area contributed by atoms with Gasteiger partial charge in [0.25, 0.3) is 0 Å². The molecule has 0 radical (unpaired) electrons. The summed E-state index contributed by atoms with van der Waals surface area (Å²) >= 11 is 6.19. The number of nitrogens with zero attached hydrogens (tertiary/aromatic N) is 1. The second-order valence-electron chi connectivity index (χ2n) is 7.59. The van der Waals surface area contributed by atoms with Crippen LogP contribution in [-0.2, 0) is 4.79 Å². The molecule has 0 aromatic heterocycles. The first-order valence-corrected chi connectivity index (χ1v) is 10.2. The standard InChI is InChI=1S/C22H26ClN3O/c23-15-8-9-20(24)19(14-15)21-17-7-3-2-6-16(17)18(22(27)25-21)10-13-26-11-4-1-5-12-26/h2-3,6-9,14,18,21H,1,4-5,10-13,24H2,(H,25,27). The van der Waals surface area contributed by atoms with E-state index in [1.54, 1.807) is 12.1 Å². The van der Waals surface area contributed by atoms with Gasteiger partial charge < -0.3 is 16.0 Å². The summed E-state index contributed by atoms with van der Waals surface area (Å²) in [5, 5.41) is 3.82. The van der Waals surface area contributed by atoms with Gasteiger partial charge in [0.2, 0.25) is 5.91 Å². The molecule has 4 nitrogen and oxygen atoms in total. The maximum Gasteiger partial charge on any atom is 0.228 e. The topological polar surface area (TPSA) is 58.4 Å². The summed E-state index contributed by atoms with van der Waals surface area (Å²) in [6.45, 7) is 3.27. The predicted molar refractivity (Wildman–Crippen MR) is 110 cm³/mol. The van der Waals surface area contributed by atoms with Crippen molar-refractivity contribution in [1.29, 1.82) is 0 Å². The van der Waals surface area contributed by atoms with Crippen LogP contribution in [0.1, 0.15) is 54.3 Å². The van der Waals surface area contributed by atoms with Crippen LogP contribution in [0.25, 0.3) is 0 Å². The second kappa shape index (κ2) is 7.91. The molecule has 0 spiro atoms. The highest BCUT2D eigenvalue weighted by atomic mass is 35.5. The van der Waals surface area contributed by atoms with E-state index < -0.39 is 0 Å². The SMILES string of the molecule is Nc1ccc(Cl)cc1C1NC(=O)C(CCN2CCCCC2)c2ccccc21. The molecule has 142 valence electrons. The Bertz CT molecular complexity index is 832. The molecule has 1 saturated heterocycles. The van der Waals surface area contributed by atoms with E-state index in [9.17, 15) is 4.79 Å². The zero-order valence-corrected chi connectivity index (χ0v) is 16.2. The number of nitrogens with two attached hydrogens (primary N) is 1. The lowest BCUT2D eigenvalue weighted by Gasteiger charge is -2.34. The fraction of sp³-hybridized carbons (Fsp3) is 0.409. The fourth-order valence-electron chi connectivity index (χ4n) is 4.38. The Morgan fingerprint density at radius 2 is 1.78 bits per heavy atom. The van der Waals surface area contributed by atoms with E-state index in [4.69, 9.17) is 17.3 Å². The quantitative estimate of drug-likeness (QED) is 0.781. The van der Waals surface area contributed by atoms with Crippen molar-refractivity contribution in [1.82, 2.24) is 10.2 Å². The van der Waals surface area contributed by atoms with Crippen LogP contribution in [0.3, 0.4) is 0 Å². The molecule has 2 aliphatic rings. The number of hydrogen-bond acceptors (Lipinski definition) is 3. The van der Waals surface area contributed by atoms with E-state index in [1.807, 2.05) is 18.2 Å². The number of nitrogens with one attached hydrogen (secondary N) is 1. The van der Waals surface area contributed by atoms with Crippen LogP contribution >= 0.6 is 11.6 Å². The molecule has 2 aromatic carbocycles. The van der Waals surface area contributed by atoms with E-state index in [2.05, 4.69) is 22.3 Å². The van der Waals surface area contributed by atoms with Gasteiger partial charge in [-0.3, -0.25) is 4.79 Å². The smallest absolute Gasteiger partial charge is 0.228 e. The molecule has 0 saturated carbocycles. The van der Waals surface area contributed by atoms with Gasteiger partial charge in [-0.05, 0) is 68.2 Å². The largest absolute Gasteiger partial charge is 0.398 e. The van der Waals surface area contributed by atoms with Gasteiger partial charge in [-0.1, -0.05) is 42.3 Å². The third-order valence-electron chi connectivity index (χ3n) is 5.83. The third-order valence-corrected chi connectivity index (χ3v) is 6.06. The number of amides is 1. The van der Waals surface area contributed by atoms with Gasteiger partial charge in [0.15, 0.2) is 0 Å². The molecule has 1 amide bonds. The van der Waals surface area contributed by atoms with E-state index >= 15 is 0 Å². The number of likely N-dealkylation sites (tertiary alicyclic amines) is 1. The normalized spacial score (nSPS) is 22.9. The number of fused-ring (bicyclic) bond motifs is 1. The van der Waals surface area contributed by atoms with E-state index in [-0.39, 0.29) is 17.9 Å². The van der Waals surface area contributed by atoms with Crippen LogP contribution in [0.15, 0.2) is 42.5 Å². The van der Waals surface area contributed by atoms with E-state index in [0.717, 1.165) is 42.7 Å². The molecule has 3 N–H and O–H groups in total. The summed E-state index contributed by atoms with van der Waals surface area (Å²) in [5.74, 6) is -0.0325. The Kier molecular flexibility index (Phi) is 5.37. The van der Waals surface area contributed by atoms with Gasteiger partial charge in [-0.15, -0.1) is 0 Å². The molecule has 5 heteroatoms. The molecule has 0 aliphatic carbocycles. The van der Waals surface area contributed by atoms with Crippen LogP contribution < -0.4 is 11.1 Å². The van der Waals surface area contributed by atoms with Gasteiger partial charge in [-0.2, -0.15) is 0 Å². The molecule has 4 rings (SSSR count). The highest BCUT2D eigenvalue weighted by Crippen LogP contribution is 2.38. The number of rotatable bonds is 4. The first kappa shape index (κ1) is 18.3. The lowest BCUT2D eigenvalue weighted by Crippen LogP contribution is -2.41. The first-order chi connectivity index (χ1) is 13.1. The zero-order valence-electron chi connectivity index (χ0n) is 15.5. The van der Waals surface area contributed by atoms with Crippen molar-refractivity contribution in [2.75, 3.05) is 25.4 Å². The van der Waals surface area contributed by atoms with Crippen LogP contribution in [0.5, 0.6) is 0 Å². The number of halogens is 1. The van der Waals surface area contributed by atoms with E-state index in [0.29, 0.717) is 10.7 Å². The predicted octanol–water partition coefficient (Wildman–Crippen LogP) is 4.10. The van der Waals surface area contributed by atoms with Crippen molar-refractivity contribution in [3.05, 3.63) is 64.2 Å². The summed E-state index contributed by atoms with van der Waals surface area (Å²) in [7, 11) is 0. The summed E-state index contributed by atoms with van der Waals surface area (Å²) in [6.07, 6.45) is 4.71. The number of carbonyl (C=O) groups excluding carboxylic acids is 1. The Labute approximate surface area is 165 Å². The monoisotopic (exact) mass is 383 g/mol. The molecule has 0 bridgehead atoms. The summed E-state index contributed by atoms with van der Waals surface area (Å²) in [5.41, 5.74) is 9.93. The van der Waals surface area contributed by atoms with Gasteiger partial charge in [0, 0.05) is 16.3 Å². The van der Waals surface area contributed by atoms with Crippen molar-refractivity contribution < 1.29 is 4.79 Å². The molecule has 2 atom stereocenters. The maximum absolute atomic E-state index is 13.0. The van der Waals surface area contributed by atoms with Crippen molar-refractivity contribution in [2.45, 2.75) is 37.6 Å². The number of piperidine rings is 1. The van der Waals surface area contributed by atoms with Crippen LogP contribution in [0, 0.1) is 0 Å². The van der Waals surface area contributed by atoms with Gasteiger partial charge in [0.05, 0.1) is 12.0 Å². The lowest BCUT2D eigenvalue weighted by molar-refractivity contribution is -0.124. The molecular formula is C22H26ClN3O. The third kappa shape index (κ3) is 3.83. The van der Waals surface area contributed by atoms with Crippen LogP contribution in [0.4, 0.5) is 5.69 Å². The first-order valence-electron chi connectivity index (χ1n) is 9.80. The molecule has 2 aliphatic heterocycles. The minimum Gasteiger partial charge on any atom is -0.398 e. The number of nitrogen functional groups attached to an aromatic ring is 1. The van der Waals surface area contributed by atoms with Crippen LogP contribution in [-0.4, -0.2) is 30.4 Å². The van der Waals surface area contributed by atoms with Crippen molar-refractivity contribution in [3.8, 4) is 0 Å². The highest BCUT2D eigenvalue weighted by Gasteiger charge is 2.34. The summed E-state index contributed by atoms with van der Waals surface area (Å²) in [4.78, 5) is 15.5. The average molecular weight is 384 g/mol. The highest BCUT2D eigenvalue weighted by molar-refractivity contribution is 6.30. The molecular weight excluding hydrogens is 358 g/mol. The summed E-state index contributed by atoms with van der Waals surface area (Å²) in [6, 6.07) is 13.4. The Morgan fingerprint density at radius 3 is 2.56 bits per heavy atom. The second-order valence-corrected chi connectivity index (χ2v) is 8.02. The molecule has 2 aromatic rings. The molecule has 1 fully saturated rings. The molecule has 2 unspecified atom stereocenters. The lowest BCUT2D eigenvalue weighted by atomic mass is 9.81. The van der Waals surface area contributed by atoms with Crippen molar-refractivity contribution in [2.24, 2.45) is 0 Å². The number of anilines is 1. The van der Waals surface area contributed by atoms with Crippen LogP contribution in [0.2, 0.25) is 5.02 Å². The Hall–Kier alpha value is -2.04. The number of carbonyl (C=O) groups is 1. The number of benzene rings is 2.